The number of hydrogen-bond donors (Lipinski definition) is 1. The molecule has 18 heavy (non-hydrogen) atoms. The summed E-state index contributed by atoms with van der Waals surface area (Å²) in [4.78, 5) is 11.3. The molecule has 2 aromatic heterocycles. The molecule has 0 spiro atoms. The molecule has 0 aliphatic carbocycles. The zero-order valence-corrected chi connectivity index (χ0v) is 11.2. The van der Waals surface area contributed by atoms with Gasteiger partial charge >= 0.3 is 0 Å². The van der Waals surface area contributed by atoms with Gasteiger partial charge in [0.05, 0.1) is 11.7 Å². The van der Waals surface area contributed by atoms with E-state index in [4.69, 9.17) is 5.73 Å². The van der Waals surface area contributed by atoms with E-state index in [9.17, 15) is 0 Å². The standard InChI is InChI=1S/C13H16N4S/c1-9-4-5-12(15-7-9)17-6-2-3-11(17)10-8-18-13(14)16-10/h4-5,7-8,11H,2-3,6H2,1H3,(H2,14,16). The van der Waals surface area contributed by atoms with Gasteiger partial charge in [-0.3, -0.25) is 0 Å². The average Bonchev–Trinajstić information content (AvgIpc) is 2.98. The maximum atomic E-state index is 5.72. The zero-order valence-electron chi connectivity index (χ0n) is 10.3. The highest BCUT2D eigenvalue weighted by molar-refractivity contribution is 7.13. The number of nitrogens with zero attached hydrogens (tertiary/aromatic N) is 3. The minimum absolute atomic E-state index is 0.328. The molecule has 0 saturated carbocycles. The minimum atomic E-state index is 0.328. The molecule has 0 amide bonds. The third kappa shape index (κ3) is 2.06. The third-order valence-electron chi connectivity index (χ3n) is 3.32. The van der Waals surface area contributed by atoms with Gasteiger partial charge in [0.15, 0.2) is 5.13 Å². The molecule has 3 heterocycles. The number of anilines is 2. The van der Waals surface area contributed by atoms with Crippen molar-refractivity contribution in [2.75, 3.05) is 17.2 Å². The van der Waals surface area contributed by atoms with E-state index in [0.717, 1.165) is 24.5 Å². The van der Waals surface area contributed by atoms with Crippen LogP contribution in [0.2, 0.25) is 0 Å². The van der Waals surface area contributed by atoms with Crippen LogP contribution in [0.1, 0.15) is 30.1 Å². The smallest absolute Gasteiger partial charge is 0.180 e. The predicted molar refractivity (Wildman–Crippen MR) is 74.8 cm³/mol. The molecule has 1 aliphatic rings. The molecule has 5 heteroatoms. The van der Waals surface area contributed by atoms with Crippen LogP contribution in [-0.4, -0.2) is 16.5 Å². The number of nitrogens with two attached hydrogens (primary N) is 1. The van der Waals surface area contributed by atoms with Crippen molar-refractivity contribution < 1.29 is 0 Å². The van der Waals surface area contributed by atoms with E-state index in [1.54, 1.807) is 0 Å². The van der Waals surface area contributed by atoms with Gasteiger partial charge in [-0.25, -0.2) is 9.97 Å². The summed E-state index contributed by atoms with van der Waals surface area (Å²) >= 11 is 1.51. The quantitative estimate of drug-likeness (QED) is 0.902. The third-order valence-corrected chi connectivity index (χ3v) is 4.02. The Labute approximate surface area is 110 Å². The van der Waals surface area contributed by atoms with Crippen molar-refractivity contribution in [1.82, 2.24) is 9.97 Å². The Kier molecular flexibility index (Phi) is 2.91. The zero-order chi connectivity index (χ0) is 12.5. The highest BCUT2D eigenvalue weighted by atomic mass is 32.1. The fraction of sp³-hybridized carbons (Fsp3) is 0.385. The lowest BCUT2D eigenvalue weighted by molar-refractivity contribution is 0.693. The topological polar surface area (TPSA) is 55.0 Å². The largest absolute Gasteiger partial charge is 0.375 e. The fourth-order valence-electron chi connectivity index (χ4n) is 2.43. The highest BCUT2D eigenvalue weighted by Gasteiger charge is 2.28. The predicted octanol–water partition coefficient (Wildman–Crippen LogP) is 2.77. The van der Waals surface area contributed by atoms with Crippen molar-refractivity contribution in [3.05, 3.63) is 35.0 Å². The minimum Gasteiger partial charge on any atom is -0.375 e. The number of hydrogen-bond acceptors (Lipinski definition) is 5. The maximum absolute atomic E-state index is 5.72. The average molecular weight is 260 g/mol. The van der Waals surface area contributed by atoms with Crippen molar-refractivity contribution >= 4 is 22.3 Å². The first-order chi connectivity index (χ1) is 8.74. The van der Waals surface area contributed by atoms with Crippen LogP contribution in [-0.2, 0) is 0 Å². The van der Waals surface area contributed by atoms with E-state index in [1.807, 2.05) is 6.20 Å². The monoisotopic (exact) mass is 260 g/mol. The van der Waals surface area contributed by atoms with E-state index < -0.39 is 0 Å². The number of thiazole rings is 1. The molecule has 4 nitrogen and oxygen atoms in total. The van der Waals surface area contributed by atoms with Crippen molar-refractivity contribution in [1.29, 1.82) is 0 Å². The number of aromatic nitrogens is 2. The van der Waals surface area contributed by atoms with Gasteiger partial charge < -0.3 is 10.6 Å². The Morgan fingerprint density at radius 3 is 3.00 bits per heavy atom. The Morgan fingerprint density at radius 2 is 2.33 bits per heavy atom. The summed E-state index contributed by atoms with van der Waals surface area (Å²) in [7, 11) is 0. The molecule has 1 unspecified atom stereocenters. The molecule has 1 atom stereocenters. The Balaban J connectivity index is 1.89. The second-order valence-corrected chi connectivity index (χ2v) is 5.55. The molecule has 3 rings (SSSR count). The van der Waals surface area contributed by atoms with Crippen LogP contribution in [0, 0.1) is 6.92 Å². The van der Waals surface area contributed by atoms with E-state index in [2.05, 4.69) is 39.3 Å². The van der Waals surface area contributed by atoms with Crippen molar-refractivity contribution in [3.8, 4) is 0 Å². The first-order valence-electron chi connectivity index (χ1n) is 6.14. The molecule has 94 valence electrons. The second-order valence-electron chi connectivity index (χ2n) is 4.66. The van der Waals surface area contributed by atoms with Gasteiger partial charge in [0.1, 0.15) is 5.82 Å². The highest BCUT2D eigenvalue weighted by Crippen LogP contribution is 2.35. The van der Waals surface area contributed by atoms with Crippen molar-refractivity contribution in [2.45, 2.75) is 25.8 Å². The van der Waals surface area contributed by atoms with Gasteiger partial charge in [0, 0.05) is 18.1 Å². The lowest BCUT2D eigenvalue weighted by Crippen LogP contribution is -2.23. The van der Waals surface area contributed by atoms with Crippen LogP contribution in [0.3, 0.4) is 0 Å². The van der Waals surface area contributed by atoms with Gasteiger partial charge in [0.25, 0.3) is 0 Å². The summed E-state index contributed by atoms with van der Waals surface area (Å²) in [6.45, 7) is 3.09. The van der Waals surface area contributed by atoms with Gasteiger partial charge in [-0.1, -0.05) is 6.07 Å². The summed E-state index contributed by atoms with van der Waals surface area (Å²) in [5, 5.41) is 2.71. The molecule has 1 saturated heterocycles. The number of nitrogen functional groups attached to an aromatic ring is 1. The Morgan fingerprint density at radius 1 is 1.44 bits per heavy atom. The van der Waals surface area contributed by atoms with Gasteiger partial charge in [-0.05, 0) is 31.4 Å². The van der Waals surface area contributed by atoms with Crippen molar-refractivity contribution in [3.63, 3.8) is 0 Å². The molecular formula is C13H16N4S. The fourth-order valence-corrected chi connectivity index (χ4v) is 3.04. The SMILES string of the molecule is Cc1ccc(N2CCCC2c2csc(N)n2)nc1. The first-order valence-corrected chi connectivity index (χ1v) is 7.02. The van der Waals surface area contributed by atoms with Gasteiger partial charge in [-0.2, -0.15) is 0 Å². The number of pyridine rings is 1. The normalized spacial score (nSPS) is 19.4. The van der Waals surface area contributed by atoms with Crippen LogP contribution in [0.15, 0.2) is 23.7 Å². The lowest BCUT2D eigenvalue weighted by Gasteiger charge is -2.24. The van der Waals surface area contributed by atoms with Crippen molar-refractivity contribution in [2.24, 2.45) is 0 Å². The first kappa shape index (κ1) is 11.5. The van der Waals surface area contributed by atoms with Crippen LogP contribution in [0.4, 0.5) is 10.9 Å². The summed E-state index contributed by atoms with van der Waals surface area (Å²) in [5.41, 5.74) is 7.99. The Bertz CT molecular complexity index is 534. The molecule has 0 bridgehead atoms. The summed E-state index contributed by atoms with van der Waals surface area (Å²) in [6.07, 6.45) is 4.22. The Hall–Kier alpha value is -1.62. The lowest BCUT2D eigenvalue weighted by atomic mass is 10.1. The molecule has 1 aliphatic heterocycles. The molecular weight excluding hydrogens is 244 g/mol. The molecule has 0 radical (unpaired) electrons. The number of aryl methyl sites for hydroxylation is 1. The van der Waals surface area contributed by atoms with Crippen LogP contribution < -0.4 is 10.6 Å². The van der Waals surface area contributed by atoms with Gasteiger partial charge in [-0.15, -0.1) is 11.3 Å². The summed E-state index contributed by atoms with van der Waals surface area (Å²) < 4.78 is 0. The van der Waals surface area contributed by atoms with Crippen LogP contribution in [0.5, 0.6) is 0 Å². The second kappa shape index (κ2) is 4.57. The molecule has 0 aromatic carbocycles. The van der Waals surface area contributed by atoms with Crippen LogP contribution in [0.25, 0.3) is 0 Å². The van der Waals surface area contributed by atoms with E-state index >= 15 is 0 Å². The van der Waals surface area contributed by atoms with E-state index in [-0.39, 0.29) is 0 Å². The van der Waals surface area contributed by atoms with E-state index in [0.29, 0.717) is 11.2 Å². The summed E-state index contributed by atoms with van der Waals surface area (Å²) in [5.74, 6) is 1.04. The summed E-state index contributed by atoms with van der Waals surface area (Å²) in [6, 6.07) is 4.52. The molecule has 2 N–H and O–H groups in total. The van der Waals surface area contributed by atoms with E-state index in [1.165, 1.54) is 23.3 Å². The maximum Gasteiger partial charge on any atom is 0.180 e. The molecule has 1 fully saturated rings. The van der Waals surface area contributed by atoms with Gasteiger partial charge in [0.2, 0.25) is 0 Å². The number of rotatable bonds is 2. The van der Waals surface area contributed by atoms with Crippen LogP contribution >= 0.6 is 11.3 Å². The molecule has 2 aromatic rings.